The van der Waals surface area contributed by atoms with Crippen LogP contribution in [0, 0.1) is 6.92 Å². The second kappa shape index (κ2) is 6.48. The van der Waals surface area contributed by atoms with Gasteiger partial charge in [-0.1, -0.05) is 48.4 Å². The van der Waals surface area contributed by atoms with Gasteiger partial charge in [0, 0.05) is 6.54 Å². The fourth-order valence-corrected chi connectivity index (χ4v) is 2.14. The zero-order valence-corrected chi connectivity index (χ0v) is 11.8. The fraction of sp³-hybridized carbons (Fsp3) is 0.467. The molecule has 1 aromatic heterocycles. The van der Waals surface area contributed by atoms with Crippen LogP contribution in [0.5, 0.6) is 0 Å². The highest BCUT2D eigenvalue weighted by molar-refractivity contribution is 5.22. The Morgan fingerprint density at radius 1 is 1.21 bits per heavy atom. The van der Waals surface area contributed by atoms with E-state index in [-0.39, 0.29) is 0 Å². The average molecular weight is 258 g/mol. The molecule has 0 spiro atoms. The van der Waals surface area contributed by atoms with Crippen molar-refractivity contribution in [2.45, 2.75) is 46.2 Å². The molecular weight excluding hydrogens is 236 g/mol. The number of aryl methyl sites for hydroxylation is 1. The first kappa shape index (κ1) is 13.7. The van der Waals surface area contributed by atoms with E-state index in [1.165, 1.54) is 23.2 Å². The van der Waals surface area contributed by atoms with Gasteiger partial charge in [0.15, 0.2) is 0 Å². The molecule has 0 saturated heterocycles. The van der Waals surface area contributed by atoms with Crippen LogP contribution in [0.25, 0.3) is 0 Å². The molecule has 0 fully saturated rings. The summed E-state index contributed by atoms with van der Waals surface area (Å²) >= 11 is 0. The fourth-order valence-electron chi connectivity index (χ4n) is 2.14. The molecule has 1 aromatic carbocycles. The third-order valence-electron chi connectivity index (χ3n) is 3.33. The number of benzene rings is 1. The molecule has 0 unspecified atom stereocenters. The minimum absolute atomic E-state index is 0.465. The van der Waals surface area contributed by atoms with Crippen LogP contribution < -0.4 is 5.73 Å². The maximum atomic E-state index is 5.73. The smallest absolute Gasteiger partial charge is 0.0994 e. The molecule has 4 nitrogen and oxygen atoms in total. The van der Waals surface area contributed by atoms with Crippen molar-refractivity contribution in [2.75, 3.05) is 0 Å². The summed E-state index contributed by atoms with van der Waals surface area (Å²) < 4.78 is 1.99. The van der Waals surface area contributed by atoms with E-state index in [2.05, 4.69) is 48.4 Å². The molecule has 0 bridgehead atoms. The Morgan fingerprint density at radius 2 is 1.95 bits per heavy atom. The van der Waals surface area contributed by atoms with Gasteiger partial charge >= 0.3 is 0 Å². The summed E-state index contributed by atoms with van der Waals surface area (Å²) in [5, 5.41) is 8.43. The first-order valence-corrected chi connectivity index (χ1v) is 6.91. The van der Waals surface area contributed by atoms with Gasteiger partial charge in [-0.05, 0) is 25.3 Å². The summed E-state index contributed by atoms with van der Waals surface area (Å²) in [6.45, 7) is 5.52. The van der Waals surface area contributed by atoms with Crippen molar-refractivity contribution >= 4 is 0 Å². The Balaban J connectivity index is 2.19. The lowest BCUT2D eigenvalue weighted by atomic mass is 10.1. The van der Waals surface area contributed by atoms with Crippen LogP contribution in [0.4, 0.5) is 0 Å². The highest BCUT2D eigenvalue weighted by atomic mass is 15.4. The molecule has 2 N–H and O–H groups in total. The molecule has 19 heavy (non-hydrogen) atoms. The van der Waals surface area contributed by atoms with Gasteiger partial charge in [0.2, 0.25) is 0 Å². The first-order chi connectivity index (χ1) is 9.24. The normalized spacial score (nSPS) is 10.9. The highest BCUT2D eigenvalue weighted by Crippen LogP contribution is 2.12. The lowest BCUT2D eigenvalue weighted by Gasteiger charge is -2.07. The van der Waals surface area contributed by atoms with Gasteiger partial charge in [-0.25, -0.2) is 4.68 Å². The van der Waals surface area contributed by atoms with Crippen LogP contribution in [-0.2, 0) is 19.5 Å². The van der Waals surface area contributed by atoms with Crippen molar-refractivity contribution in [3.63, 3.8) is 0 Å². The maximum Gasteiger partial charge on any atom is 0.0994 e. The maximum absolute atomic E-state index is 5.73. The van der Waals surface area contributed by atoms with Crippen LogP contribution in [0.2, 0.25) is 0 Å². The van der Waals surface area contributed by atoms with Crippen molar-refractivity contribution in [1.82, 2.24) is 15.0 Å². The molecule has 0 saturated carbocycles. The quantitative estimate of drug-likeness (QED) is 0.865. The van der Waals surface area contributed by atoms with Gasteiger partial charge in [0.25, 0.3) is 0 Å². The Hall–Kier alpha value is -1.68. The van der Waals surface area contributed by atoms with E-state index in [9.17, 15) is 0 Å². The van der Waals surface area contributed by atoms with Gasteiger partial charge in [-0.3, -0.25) is 0 Å². The predicted octanol–water partition coefficient (Wildman–Crippen LogP) is 2.44. The third-order valence-corrected chi connectivity index (χ3v) is 3.33. The van der Waals surface area contributed by atoms with E-state index in [1.807, 2.05) is 4.68 Å². The summed E-state index contributed by atoms with van der Waals surface area (Å²) in [4.78, 5) is 0. The van der Waals surface area contributed by atoms with E-state index >= 15 is 0 Å². The zero-order valence-electron chi connectivity index (χ0n) is 11.8. The van der Waals surface area contributed by atoms with Gasteiger partial charge in [-0.15, -0.1) is 5.10 Å². The van der Waals surface area contributed by atoms with Crippen molar-refractivity contribution in [3.05, 3.63) is 46.8 Å². The van der Waals surface area contributed by atoms with Crippen LogP contribution in [0.15, 0.2) is 24.3 Å². The summed E-state index contributed by atoms with van der Waals surface area (Å²) in [6.07, 6.45) is 3.32. The minimum Gasteiger partial charge on any atom is -0.325 e. The second-order valence-electron chi connectivity index (χ2n) is 4.93. The Labute approximate surface area is 114 Å². The van der Waals surface area contributed by atoms with E-state index < -0.39 is 0 Å². The number of nitrogens with two attached hydrogens (primary N) is 1. The summed E-state index contributed by atoms with van der Waals surface area (Å²) in [5.41, 5.74) is 10.4. The van der Waals surface area contributed by atoms with E-state index in [1.54, 1.807) is 0 Å². The number of aromatic nitrogens is 3. The van der Waals surface area contributed by atoms with Crippen molar-refractivity contribution in [3.8, 4) is 0 Å². The van der Waals surface area contributed by atoms with E-state index in [4.69, 9.17) is 5.73 Å². The Kier molecular flexibility index (Phi) is 4.68. The second-order valence-corrected chi connectivity index (χ2v) is 4.93. The summed E-state index contributed by atoms with van der Waals surface area (Å²) in [5.74, 6) is 0. The summed E-state index contributed by atoms with van der Waals surface area (Å²) in [6, 6.07) is 8.54. The molecule has 2 rings (SSSR count). The minimum atomic E-state index is 0.465. The lowest BCUT2D eigenvalue weighted by molar-refractivity contribution is 0.605. The number of nitrogens with zero attached hydrogens (tertiary/aromatic N) is 3. The van der Waals surface area contributed by atoms with E-state index in [0.717, 1.165) is 25.1 Å². The average Bonchev–Trinajstić information content (AvgIpc) is 2.81. The molecular formula is C15H22N4. The standard InChI is InChI=1S/C15H22N4/c1-3-4-5-15-14(10-16)17-18-19(15)11-13-8-6-12(2)7-9-13/h6-9H,3-5,10-11,16H2,1-2H3. The van der Waals surface area contributed by atoms with Crippen LogP contribution >= 0.6 is 0 Å². The molecule has 0 aliphatic rings. The SMILES string of the molecule is CCCCc1c(CN)nnn1Cc1ccc(C)cc1. The molecule has 0 radical (unpaired) electrons. The van der Waals surface area contributed by atoms with Crippen LogP contribution in [0.1, 0.15) is 42.3 Å². The van der Waals surface area contributed by atoms with Crippen molar-refractivity contribution in [1.29, 1.82) is 0 Å². The van der Waals surface area contributed by atoms with E-state index in [0.29, 0.717) is 6.54 Å². The topological polar surface area (TPSA) is 56.7 Å². The number of hydrogen-bond acceptors (Lipinski definition) is 3. The molecule has 0 amide bonds. The molecule has 102 valence electrons. The lowest BCUT2D eigenvalue weighted by Crippen LogP contribution is -2.09. The van der Waals surface area contributed by atoms with Gasteiger partial charge in [-0.2, -0.15) is 0 Å². The molecule has 4 heteroatoms. The zero-order chi connectivity index (χ0) is 13.7. The van der Waals surface area contributed by atoms with Crippen molar-refractivity contribution in [2.24, 2.45) is 5.73 Å². The summed E-state index contributed by atoms with van der Waals surface area (Å²) in [7, 11) is 0. The largest absolute Gasteiger partial charge is 0.325 e. The molecule has 1 heterocycles. The molecule has 0 aliphatic heterocycles. The molecule has 0 atom stereocenters. The molecule has 0 aliphatic carbocycles. The van der Waals surface area contributed by atoms with Crippen LogP contribution in [-0.4, -0.2) is 15.0 Å². The highest BCUT2D eigenvalue weighted by Gasteiger charge is 2.11. The first-order valence-electron chi connectivity index (χ1n) is 6.91. The predicted molar refractivity (Wildman–Crippen MR) is 76.8 cm³/mol. The number of hydrogen-bond donors (Lipinski definition) is 1. The monoisotopic (exact) mass is 258 g/mol. The van der Waals surface area contributed by atoms with Gasteiger partial charge < -0.3 is 5.73 Å². The van der Waals surface area contributed by atoms with Gasteiger partial charge in [0.1, 0.15) is 0 Å². The number of unbranched alkanes of at least 4 members (excludes halogenated alkanes) is 1. The molecule has 2 aromatic rings. The van der Waals surface area contributed by atoms with Gasteiger partial charge in [0.05, 0.1) is 17.9 Å². The van der Waals surface area contributed by atoms with Crippen LogP contribution in [0.3, 0.4) is 0 Å². The van der Waals surface area contributed by atoms with Crippen molar-refractivity contribution < 1.29 is 0 Å². The Morgan fingerprint density at radius 3 is 2.58 bits per heavy atom. The number of rotatable bonds is 6. The third kappa shape index (κ3) is 3.41. The Bertz CT molecular complexity index is 513.